The van der Waals surface area contributed by atoms with Gasteiger partial charge in [-0.15, -0.1) is 0 Å². The average molecular weight is 349 g/mol. The van der Waals surface area contributed by atoms with Gasteiger partial charge < -0.3 is 4.90 Å². The van der Waals surface area contributed by atoms with E-state index in [-0.39, 0.29) is 23.6 Å². The molecule has 1 aliphatic carbocycles. The number of benzene rings is 1. The van der Waals surface area contributed by atoms with Gasteiger partial charge in [-0.25, -0.2) is 0 Å². The van der Waals surface area contributed by atoms with E-state index < -0.39 is 12.2 Å². The van der Waals surface area contributed by atoms with Gasteiger partial charge in [0.25, 0.3) is 0 Å². The molecule has 1 N–H and O–H groups in total. The lowest BCUT2D eigenvalue weighted by atomic mass is 10.1. The fourth-order valence-corrected chi connectivity index (χ4v) is 2.65. The molecule has 6 heteroatoms. The molecular formula is C14H16BrF3N2. The van der Waals surface area contributed by atoms with Crippen LogP contribution in [0.4, 0.5) is 13.2 Å². The van der Waals surface area contributed by atoms with Gasteiger partial charge in [0, 0.05) is 6.54 Å². The van der Waals surface area contributed by atoms with Crippen molar-refractivity contribution in [3.05, 3.63) is 35.9 Å². The molecule has 1 fully saturated rings. The van der Waals surface area contributed by atoms with Crippen LogP contribution in [-0.4, -0.2) is 28.3 Å². The van der Waals surface area contributed by atoms with E-state index in [0.717, 1.165) is 5.56 Å². The minimum atomic E-state index is -4.30. The Morgan fingerprint density at radius 1 is 1.30 bits per heavy atom. The molecule has 1 saturated carbocycles. The molecule has 0 bridgehead atoms. The van der Waals surface area contributed by atoms with Crippen LogP contribution in [0, 0.1) is 11.3 Å². The third-order valence-electron chi connectivity index (χ3n) is 3.41. The number of alkyl halides is 4. The molecule has 0 saturated heterocycles. The Labute approximate surface area is 124 Å². The Kier molecular flexibility index (Phi) is 4.73. The van der Waals surface area contributed by atoms with Crippen LogP contribution >= 0.6 is 15.9 Å². The Bertz CT molecular complexity index is 457. The number of rotatable bonds is 5. The van der Waals surface area contributed by atoms with E-state index in [0.29, 0.717) is 12.8 Å². The summed E-state index contributed by atoms with van der Waals surface area (Å²) in [5, 5.41) is 7.98. The zero-order valence-electron chi connectivity index (χ0n) is 10.8. The lowest BCUT2D eigenvalue weighted by Gasteiger charge is -2.35. The molecule has 2 rings (SSSR count). The van der Waals surface area contributed by atoms with Gasteiger partial charge in [-0.05, 0) is 24.3 Å². The summed E-state index contributed by atoms with van der Waals surface area (Å²) in [5.74, 6) is -0.402. The number of hydrogen-bond donors (Lipinski definition) is 1. The Hall–Kier alpha value is -1.04. The van der Waals surface area contributed by atoms with Crippen LogP contribution in [0.2, 0.25) is 0 Å². The van der Waals surface area contributed by atoms with Gasteiger partial charge in [-0.1, -0.05) is 46.3 Å². The van der Waals surface area contributed by atoms with Crippen LogP contribution in [0.1, 0.15) is 18.4 Å². The van der Waals surface area contributed by atoms with Gasteiger partial charge in [-0.3, -0.25) is 5.41 Å². The van der Waals surface area contributed by atoms with E-state index in [4.69, 9.17) is 5.41 Å². The first-order valence-electron chi connectivity index (χ1n) is 6.44. The van der Waals surface area contributed by atoms with Crippen molar-refractivity contribution < 1.29 is 13.2 Å². The first-order chi connectivity index (χ1) is 9.43. The first-order valence-corrected chi connectivity index (χ1v) is 7.56. The zero-order chi connectivity index (χ0) is 14.8. The third kappa shape index (κ3) is 3.75. The molecule has 0 aliphatic heterocycles. The molecule has 0 unspecified atom stereocenters. The molecule has 0 heterocycles. The predicted octanol–water partition coefficient (Wildman–Crippen LogP) is 4.20. The Morgan fingerprint density at radius 2 is 1.90 bits per heavy atom. The van der Waals surface area contributed by atoms with Crippen LogP contribution in [0.15, 0.2) is 30.3 Å². The van der Waals surface area contributed by atoms with Gasteiger partial charge in [-0.2, -0.15) is 13.2 Å². The van der Waals surface area contributed by atoms with Gasteiger partial charge in [0.05, 0.1) is 5.33 Å². The van der Waals surface area contributed by atoms with Crippen molar-refractivity contribution in [2.75, 3.05) is 5.33 Å². The van der Waals surface area contributed by atoms with Crippen molar-refractivity contribution in [2.45, 2.75) is 31.6 Å². The molecule has 0 spiro atoms. The van der Waals surface area contributed by atoms with Crippen molar-refractivity contribution in [3.8, 4) is 0 Å². The molecule has 0 radical (unpaired) electrons. The van der Waals surface area contributed by atoms with Crippen molar-refractivity contribution in [2.24, 2.45) is 5.92 Å². The molecular weight excluding hydrogens is 333 g/mol. The molecule has 110 valence electrons. The second kappa shape index (κ2) is 6.16. The highest BCUT2D eigenvalue weighted by molar-refractivity contribution is 9.09. The van der Waals surface area contributed by atoms with Crippen LogP contribution in [-0.2, 0) is 6.54 Å². The molecule has 1 atom stereocenters. The van der Waals surface area contributed by atoms with Crippen molar-refractivity contribution in [1.29, 1.82) is 5.41 Å². The molecule has 20 heavy (non-hydrogen) atoms. The molecule has 0 amide bonds. The summed E-state index contributed by atoms with van der Waals surface area (Å²) < 4.78 is 39.9. The molecule has 1 aromatic carbocycles. The van der Waals surface area contributed by atoms with Gasteiger partial charge >= 0.3 is 6.18 Å². The summed E-state index contributed by atoms with van der Waals surface area (Å²) in [6.07, 6.45) is -3.12. The lowest BCUT2D eigenvalue weighted by molar-refractivity contribution is -0.180. The molecule has 0 aromatic heterocycles. The van der Waals surface area contributed by atoms with E-state index >= 15 is 0 Å². The fraction of sp³-hybridized carbons (Fsp3) is 0.500. The van der Waals surface area contributed by atoms with E-state index in [1.807, 2.05) is 6.07 Å². The zero-order valence-corrected chi connectivity index (χ0v) is 12.4. The van der Waals surface area contributed by atoms with E-state index in [2.05, 4.69) is 15.9 Å². The van der Waals surface area contributed by atoms with Crippen molar-refractivity contribution in [1.82, 2.24) is 4.90 Å². The number of nitrogens with one attached hydrogen (secondary N) is 1. The van der Waals surface area contributed by atoms with E-state index in [9.17, 15) is 13.2 Å². The predicted molar refractivity (Wildman–Crippen MR) is 76.1 cm³/mol. The first kappa shape index (κ1) is 15.4. The van der Waals surface area contributed by atoms with Crippen LogP contribution in [0.25, 0.3) is 0 Å². The number of nitrogens with zero attached hydrogens (tertiary/aromatic N) is 1. The monoisotopic (exact) mass is 348 g/mol. The maximum absolute atomic E-state index is 13.3. The minimum absolute atomic E-state index is 0.0249. The Morgan fingerprint density at radius 3 is 2.35 bits per heavy atom. The number of hydrogen-bond acceptors (Lipinski definition) is 1. The highest BCUT2D eigenvalue weighted by Crippen LogP contribution is 2.43. The normalized spacial score (nSPS) is 16.8. The van der Waals surface area contributed by atoms with Crippen molar-refractivity contribution in [3.63, 3.8) is 0 Å². The maximum Gasteiger partial charge on any atom is 0.409 e. The highest BCUT2D eigenvalue weighted by atomic mass is 79.9. The molecule has 2 nitrogen and oxygen atoms in total. The largest absolute Gasteiger partial charge is 0.409 e. The van der Waals surface area contributed by atoms with Gasteiger partial charge in [0.15, 0.2) is 0 Å². The third-order valence-corrected chi connectivity index (χ3v) is 3.94. The second-order valence-electron chi connectivity index (χ2n) is 5.02. The van der Waals surface area contributed by atoms with Gasteiger partial charge in [0.2, 0.25) is 0 Å². The van der Waals surface area contributed by atoms with Crippen LogP contribution < -0.4 is 0 Å². The smallest absolute Gasteiger partial charge is 0.343 e. The highest BCUT2D eigenvalue weighted by Gasteiger charge is 2.52. The fourth-order valence-electron chi connectivity index (χ4n) is 2.33. The summed E-state index contributed by atoms with van der Waals surface area (Å²) in [6.45, 7) is 0.117. The van der Waals surface area contributed by atoms with E-state index in [1.165, 1.54) is 4.90 Å². The summed E-state index contributed by atoms with van der Waals surface area (Å²) in [4.78, 5) is 1.18. The summed E-state index contributed by atoms with van der Waals surface area (Å²) in [7, 11) is 0. The molecule has 1 aliphatic rings. The summed E-state index contributed by atoms with van der Waals surface area (Å²) >= 11 is 3.10. The lowest BCUT2D eigenvalue weighted by Crippen LogP contribution is -2.50. The van der Waals surface area contributed by atoms with Crippen LogP contribution in [0.3, 0.4) is 0 Å². The standard InChI is InChI=1S/C14H16BrF3N2/c15-8-12(19)20(9-10-4-2-1-3-5-10)13(11-6-7-11)14(16,17)18/h1-5,11,13,19H,6-9H2/t13-/m0/s1. The topological polar surface area (TPSA) is 27.1 Å². The SMILES string of the molecule is N=C(CBr)N(Cc1ccccc1)[C@@H](C1CC1)C(F)(F)F. The minimum Gasteiger partial charge on any atom is -0.343 e. The van der Waals surface area contributed by atoms with E-state index in [1.54, 1.807) is 24.3 Å². The second-order valence-corrected chi connectivity index (χ2v) is 5.58. The van der Waals surface area contributed by atoms with Gasteiger partial charge in [0.1, 0.15) is 11.9 Å². The number of halogens is 4. The molecule has 1 aromatic rings. The maximum atomic E-state index is 13.3. The summed E-state index contributed by atoms with van der Waals surface area (Å²) in [5.41, 5.74) is 0.785. The number of amidine groups is 1. The van der Waals surface area contributed by atoms with Crippen LogP contribution in [0.5, 0.6) is 0 Å². The van der Waals surface area contributed by atoms with Crippen molar-refractivity contribution >= 4 is 21.8 Å². The summed E-state index contributed by atoms with van der Waals surface area (Å²) in [6, 6.07) is 7.44. The average Bonchev–Trinajstić information content (AvgIpc) is 3.21. The Balaban J connectivity index is 2.24. The quantitative estimate of drug-likeness (QED) is 0.481.